The number of rotatable bonds is 5. The van der Waals surface area contributed by atoms with Crippen molar-refractivity contribution in [2.45, 2.75) is 19.3 Å². The Labute approximate surface area is 148 Å². The maximum atomic E-state index is 12.5. The highest BCUT2D eigenvalue weighted by Crippen LogP contribution is 2.27. The van der Waals surface area contributed by atoms with Crippen LogP contribution >= 0.6 is 15.9 Å². The summed E-state index contributed by atoms with van der Waals surface area (Å²) in [5, 5.41) is 10.9. The third-order valence-electron chi connectivity index (χ3n) is 3.54. The second kappa shape index (κ2) is 7.40. The quantitative estimate of drug-likeness (QED) is 0.710. The number of hydrogen-bond donors (Lipinski definition) is 1. The Kier molecular flexibility index (Phi) is 5.05. The van der Waals surface area contributed by atoms with Crippen LogP contribution in [0.3, 0.4) is 0 Å². The standard InChI is InChI=1S/C18H16BrN3O2/c1-12-21-22-18(24-12)16(13-6-3-2-4-7-13)11-17(23)20-15-9-5-8-14(19)10-15/h2-10,16H,11H2,1H3,(H,20,23). The molecule has 2 aromatic carbocycles. The molecule has 0 saturated carbocycles. The molecule has 0 fully saturated rings. The predicted octanol–water partition coefficient (Wildman–Crippen LogP) is 4.30. The first-order valence-corrected chi connectivity index (χ1v) is 8.31. The Morgan fingerprint density at radius 2 is 1.96 bits per heavy atom. The predicted molar refractivity (Wildman–Crippen MR) is 94.7 cm³/mol. The van der Waals surface area contributed by atoms with Crippen LogP contribution in [0.4, 0.5) is 5.69 Å². The van der Waals surface area contributed by atoms with Crippen molar-refractivity contribution in [3.05, 3.63) is 76.4 Å². The molecular weight excluding hydrogens is 370 g/mol. The molecule has 0 aliphatic heterocycles. The molecule has 1 unspecified atom stereocenters. The Morgan fingerprint density at radius 3 is 2.62 bits per heavy atom. The smallest absolute Gasteiger partial charge is 0.225 e. The SMILES string of the molecule is Cc1nnc(C(CC(=O)Nc2cccc(Br)c2)c2ccccc2)o1. The van der Waals surface area contributed by atoms with Crippen molar-refractivity contribution in [2.24, 2.45) is 0 Å². The number of hydrogen-bond acceptors (Lipinski definition) is 4. The number of amides is 1. The highest BCUT2D eigenvalue weighted by Gasteiger charge is 2.23. The third-order valence-corrected chi connectivity index (χ3v) is 4.03. The zero-order valence-electron chi connectivity index (χ0n) is 13.1. The molecule has 1 heterocycles. The van der Waals surface area contributed by atoms with Gasteiger partial charge in [-0.05, 0) is 23.8 Å². The summed E-state index contributed by atoms with van der Waals surface area (Å²) in [6.07, 6.45) is 0.220. The van der Waals surface area contributed by atoms with Gasteiger partial charge in [-0.2, -0.15) is 0 Å². The van der Waals surface area contributed by atoms with Crippen LogP contribution in [0.15, 0.2) is 63.5 Å². The van der Waals surface area contributed by atoms with Crippen LogP contribution in [-0.2, 0) is 4.79 Å². The molecule has 24 heavy (non-hydrogen) atoms. The van der Waals surface area contributed by atoms with Crippen molar-refractivity contribution in [1.82, 2.24) is 10.2 Å². The first-order valence-electron chi connectivity index (χ1n) is 7.52. The lowest BCUT2D eigenvalue weighted by Crippen LogP contribution is -2.16. The Balaban J connectivity index is 1.80. The second-order valence-corrected chi connectivity index (χ2v) is 6.30. The highest BCUT2D eigenvalue weighted by molar-refractivity contribution is 9.10. The first-order chi connectivity index (χ1) is 11.6. The van der Waals surface area contributed by atoms with E-state index in [1.165, 1.54) is 0 Å². The van der Waals surface area contributed by atoms with E-state index in [2.05, 4.69) is 31.4 Å². The number of aromatic nitrogens is 2. The molecule has 3 aromatic rings. The van der Waals surface area contributed by atoms with E-state index in [4.69, 9.17) is 4.42 Å². The van der Waals surface area contributed by atoms with Gasteiger partial charge in [-0.1, -0.05) is 52.3 Å². The van der Waals surface area contributed by atoms with Crippen LogP contribution in [0.5, 0.6) is 0 Å². The van der Waals surface area contributed by atoms with Gasteiger partial charge in [-0.25, -0.2) is 0 Å². The summed E-state index contributed by atoms with van der Waals surface area (Å²) in [5.74, 6) is 0.541. The zero-order chi connectivity index (χ0) is 16.9. The Hall–Kier alpha value is -2.47. The number of carbonyl (C=O) groups is 1. The van der Waals surface area contributed by atoms with E-state index >= 15 is 0 Å². The number of aryl methyl sites for hydroxylation is 1. The molecule has 1 atom stereocenters. The van der Waals surface area contributed by atoms with Gasteiger partial charge in [0.25, 0.3) is 0 Å². The summed E-state index contributed by atoms with van der Waals surface area (Å²) in [7, 11) is 0. The largest absolute Gasteiger partial charge is 0.425 e. The van der Waals surface area contributed by atoms with Crippen LogP contribution in [0.1, 0.15) is 29.7 Å². The summed E-state index contributed by atoms with van der Waals surface area (Å²) in [4.78, 5) is 12.5. The minimum Gasteiger partial charge on any atom is -0.425 e. The number of nitrogens with zero attached hydrogens (tertiary/aromatic N) is 2. The molecule has 1 aromatic heterocycles. The maximum Gasteiger partial charge on any atom is 0.225 e. The molecule has 122 valence electrons. The number of benzene rings is 2. The lowest BCUT2D eigenvalue weighted by Gasteiger charge is -2.13. The summed E-state index contributed by atoms with van der Waals surface area (Å²) in [6.45, 7) is 1.74. The summed E-state index contributed by atoms with van der Waals surface area (Å²) >= 11 is 3.39. The van der Waals surface area contributed by atoms with Gasteiger partial charge in [0.2, 0.25) is 17.7 Å². The van der Waals surface area contributed by atoms with E-state index < -0.39 is 0 Å². The average Bonchev–Trinajstić information content (AvgIpc) is 3.00. The normalized spacial score (nSPS) is 11.9. The Bertz CT molecular complexity index is 833. The van der Waals surface area contributed by atoms with Crippen molar-refractivity contribution in [3.63, 3.8) is 0 Å². The second-order valence-electron chi connectivity index (χ2n) is 5.39. The summed E-state index contributed by atoms with van der Waals surface area (Å²) < 4.78 is 6.47. The van der Waals surface area contributed by atoms with Gasteiger partial charge in [0.15, 0.2) is 0 Å². The fraction of sp³-hybridized carbons (Fsp3) is 0.167. The molecule has 0 spiro atoms. The lowest BCUT2D eigenvalue weighted by atomic mass is 9.95. The van der Waals surface area contributed by atoms with Crippen LogP contribution in [0.2, 0.25) is 0 Å². The third kappa shape index (κ3) is 4.08. The van der Waals surface area contributed by atoms with Gasteiger partial charge >= 0.3 is 0 Å². The van der Waals surface area contributed by atoms with Gasteiger partial charge in [0.1, 0.15) is 0 Å². The molecule has 6 heteroatoms. The molecule has 0 aliphatic rings. The van der Waals surface area contributed by atoms with Crippen LogP contribution in [-0.4, -0.2) is 16.1 Å². The van der Waals surface area contributed by atoms with E-state index in [0.29, 0.717) is 11.8 Å². The van der Waals surface area contributed by atoms with Crippen LogP contribution < -0.4 is 5.32 Å². The maximum absolute atomic E-state index is 12.5. The summed E-state index contributed by atoms with van der Waals surface area (Å²) in [5.41, 5.74) is 1.70. The number of carbonyl (C=O) groups excluding carboxylic acids is 1. The van der Waals surface area contributed by atoms with Gasteiger partial charge in [-0.3, -0.25) is 4.79 Å². The van der Waals surface area contributed by atoms with Gasteiger partial charge in [0, 0.05) is 23.5 Å². The van der Waals surface area contributed by atoms with Crippen molar-refractivity contribution >= 4 is 27.5 Å². The number of halogens is 1. The molecule has 0 aliphatic carbocycles. The Morgan fingerprint density at radius 1 is 1.17 bits per heavy atom. The van der Waals surface area contributed by atoms with E-state index in [9.17, 15) is 4.79 Å². The van der Waals surface area contributed by atoms with Gasteiger partial charge in [-0.15, -0.1) is 10.2 Å². The molecule has 0 saturated heterocycles. The monoisotopic (exact) mass is 385 g/mol. The molecule has 1 N–H and O–H groups in total. The molecule has 3 rings (SSSR count). The topological polar surface area (TPSA) is 68.0 Å². The average molecular weight is 386 g/mol. The number of nitrogens with one attached hydrogen (secondary N) is 1. The molecular formula is C18H16BrN3O2. The van der Waals surface area contributed by atoms with Crippen molar-refractivity contribution in [2.75, 3.05) is 5.32 Å². The minimum atomic E-state index is -0.278. The van der Waals surface area contributed by atoms with Gasteiger partial charge < -0.3 is 9.73 Å². The first kappa shape index (κ1) is 16.4. The van der Waals surface area contributed by atoms with E-state index in [-0.39, 0.29) is 18.2 Å². The molecule has 5 nitrogen and oxygen atoms in total. The van der Waals surface area contributed by atoms with E-state index in [0.717, 1.165) is 15.7 Å². The van der Waals surface area contributed by atoms with Crippen molar-refractivity contribution in [1.29, 1.82) is 0 Å². The van der Waals surface area contributed by atoms with Crippen LogP contribution in [0, 0.1) is 6.92 Å². The molecule has 1 amide bonds. The van der Waals surface area contributed by atoms with Crippen LogP contribution in [0.25, 0.3) is 0 Å². The minimum absolute atomic E-state index is 0.113. The molecule has 0 radical (unpaired) electrons. The fourth-order valence-electron chi connectivity index (χ4n) is 2.45. The lowest BCUT2D eigenvalue weighted by molar-refractivity contribution is -0.116. The molecule has 0 bridgehead atoms. The van der Waals surface area contributed by atoms with Crippen molar-refractivity contribution < 1.29 is 9.21 Å². The van der Waals surface area contributed by atoms with Gasteiger partial charge in [0.05, 0.1) is 5.92 Å². The van der Waals surface area contributed by atoms with E-state index in [1.54, 1.807) is 6.92 Å². The van der Waals surface area contributed by atoms with Crippen molar-refractivity contribution in [3.8, 4) is 0 Å². The summed E-state index contributed by atoms with van der Waals surface area (Å²) in [6, 6.07) is 17.2. The van der Waals surface area contributed by atoms with E-state index in [1.807, 2.05) is 54.6 Å². The fourth-order valence-corrected chi connectivity index (χ4v) is 2.85. The zero-order valence-corrected chi connectivity index (χ0v) is 14.7. The number of anilines is 1. The highest BCUT2D eigenvalue weighted by atomic mass is 79.9.